The van der Waals surface area contributed by atoms with E-state index < -0.39 is 21.6 Å². The monoisotopic (exact) mass is 361 g/mol. The van der Waals surface area contributed by atoms with Gasteiger partial charge >= 0.3 is 0 Å². The van der Waals surface area contributed by atoms with Gasteiger partial charge < -0.3 is 5.32 Å². The van der Waals surface area contributed by atoms with Gasteiger partial charge in [0, 0.05) is 22.2 Å². The van der Waals surface area contributed by atoms with E-state index in [1.807, 2.05) is 0 Å². The molecule has 1 atom stereocenters. The Morgan fingerprint density at radius 1 is 1.45 bits per heavy atom. The minimum atomic E-state index is -3.03. The summed E-state index contributed by atoms with van der Waals surface area (Å²) in [5.74, 6) is -0.785. The van der Waals surface area contributed by atoms with Crippen LogP contribution in [0.3, 0.4) is 0 Å². The maximum Gasteiger partial charge on any atom is 0.244 e. The van der Waals surface area contributed by atoms with Gasteiger partial charge in [-0.1, -0.05) is 15.9 Å². The van der Waals surface area contributed by atoms with Crippen LogP contribution in [0.15, 0.2) is 28.7 Å². The van der Waals surface area contributed by atoms with Crippen LogP contribution in [-0.2, 0) is 14.6 Å². The fraction of sp³-hybridized carbons (Fsp3) is 0.308. The van der Waals surface area contributed by atoms with Crippen LogP contribution in [0.2, 0.25) is 0 Å². The Kier molecular flexibility index (Phi) is 4.59. The Labute approximate surface area is 125 Å². The van der Waals surface area contributed by atoms with E-state index >= 15 is 0 Å². The van der Waals surface area contributed by atoms with Crippen LogP contribution < -0.4 is 5.32 Å². The lowest BCUT2D eigenvalue weighted by Gasteiger charge is -2.07. The second-order valence-corrected chi connectivity index (χ2v) is 7.75. The Hall–Kier alpha value is -1.21. The molecule has 4 nitrogen and oxygen atoms in total. The van der Waals surface area contributed by atoms with Gasteiger partial charge in [-0.2, -0.15) is 0 Å². The summed E-state index contributed by atoms with van der Waals surface area (Å²) in [7, 11) is -3.03. The molecule has 0 radical (unpaired) electrons. The number of amides is 1. The van der Waals surface area contributed by atoms with Crippen molar-refractivity contribution in [3.63, 3.8) is 0 Å². The highest BCUT2D eigenvalue weighted by molar-refractivity contribution is 9.10. The number of sulfone groups is 1. The van der Waals surface area contributed by atoms with Crippen LogP contribution in [0.5, 0.6) is 0 Å². The summed E-state index contributed by atoms with van der Waals surface area (Å²) in [6.07, 6.45) is 2.99. The number of nitrogens with one attached hydrogen (secondary N) is 1. The molecule has 0 saturated carbocycles. The highest BCUT2D eigenvalue weighted by Gasteiger charge is 2.28. The molecule has 1 aliphatic heterocycles. The summed E-state index contributed by atoms with van der Waals surface area (Å²) in [6.45, 7) is 0. The van der Waals surface area contributed by atoms with E-state index in [9.17, 15) is 17.6 Å². The lowest BCUT2D eigenvalue weighted by molar-refractivity contribution is -0.116. The summed E-state index contributed by atoms with van der Waals surface area (Å²) >= 11 is 3.22. The quantitative estimate of drug-likeness (QED) is 0.836. The number of hydrogen-bond acceptors (Lipinski definition) is 3. The summed E-state index contributed by atoms with van der Waals surface area (Å²) in [4.78, 5) is 11.7. The van der Waals surface area contributed by atoms with Gasteiger partial charge in [-0.05, 0) is 30.7 Å². The molecule has 1 aliphatic rings. The lowest BCUT2D eigenvalue weighted by Crippen LogP contribution is -2.34. The van der Waals surface area contributed by atoms with Crippen molar-refractivity contribution < 1.29 is 17.6 Å². The summed E-state index contributed by atoms with van der Waals surface area (Å²) in [5, 5.41) is 2.60. The fourth-order valence-corrected chi connectivity index (χ4v) is 4.02. The van der Waals surface area contributed by atoms with Crippen molar-refractivity contribution in [1.82, 2.24) is 5.32 Å². The SMILES string of the molecule is O=C(/C=C/c1cc(Br)ccc1F)NC1CCS(=O)(=O)C1. The third-order valence-electron chi connectivity index (χ3n) is 2.95. The van der Waals surface area contributed by atoms with Crippen LogP contribution in [-0.4, -0.2) is 31.9 Å². The zero-order valence-electron chi connectivity index (χ0n) is 10.5. The van der Waals surface area contributed by atoms with Gasteiger partial charge in [-0.3, -0.25) is 4.79 Å². The third-order valence-corrected chi connectivity index (χ3v) is 5.21. The van der Waals surface area contributed by atoms with Crippen molar-refractivity contribution in [3.05, 3.63) is 40.1 Å². The third kappa shape index (κ3) is 4.14. The molecule has 0 spiro atoms. The van der Waals surface area contributed by atoms with E-state index in [2.05, 4.69) is 21.2 Å². The minimum Gasteiger partial charge on any atom is -0.349 e. The summed E-state index contributed by atoms with van der Waals surface area (Å²) < 4.78 is 36.7. The first-order valence-electron chi connectivity index (χ1n) is 6.00. The lowest BCUT2D eigenvalue weighted by atomic mass is 10.2. The van der Waals surface area contributed by atoms with Gasteiger partial charge in [0.25, 0.3) is 0 Å². The molecule has 1 N–H and O–H groups in total. The molecule has 108 valence electrons. The topological polar surface area (TPSA) is 63.2 Å². The molecule has 1 saturated heterocycles. The van der Waals surface area contributed by atoms with E-state index in [-0.39, 0.29) is 23.1 Å². The van der Waals surface area contributed by atoms with Gasteiger partial charge in [-0.15, -0.1) is 0 Å². The molecule has 2 rings (SSSR count). The predicted molar refractivity (Wildman–Crippen MR) is 78.3 cm³/mol. The second kappa shape index (κ2) is 6.05. The molecule has 0 bridgehead atoms. The number of carbonyl (C=O) groups excluding carboxylic acids is 1. The number of halogens is 2. The molecule has 1 unspecified atom stereocenters. The van der Waals surface area contributed by atoms with Crippen molar-refractivity contribution in [3.8, 4) is 0 Å². The predicted octanol–water partition coefficient (Wildman–Crippen LogP) is 1.90. The van der Waals surface area contributed by atoms with Gasteiger partial charge in [0.1, 0.15) is 5.82 Å². The molecule has 1 aromatic carbocycles. The molecule has 1 fully saturated rings. The van der Waals surface area contributed by atoms with Crippen molar-refractivity contribution in [1.29, 1.82) is 0 Å². The molecule has 0 aliphatic carbocycles. The van der Waals surface area contributed by atoms with Crippen molar-refractivity contribution >= 4 is 37.8 Å². The minimum absolute atomic E-state index is 0.0299. The van der Waals surface area contributed by atoms with E-state index in [0.29, 0.717) is 10.9 Å². The average molecular weight is 362 g/mol. The fourth-order valence-electron chi connectivity index (χ4n) is 1.97. The number of benzene rings is 1. The summed E-state index contributed by atoms with van der Waals surface area (Å²) in [5.41, 5.74) is 0.286. The zero-order chi connectivity index (χ0) is 14.8. The molecular formula is C13H13BrFNO3S. The average Bonchev–Trinajstić information content (AvgIpc) is 2.70. The smallest absolute Gasteiger partial charge is 0.244 e. The standard InChI is InChI=1S/C13H13BrFNO3S/c14-10-2-3-12(15)9(7-10)1-4-13(17)16-11-5-6-20(18,19)8-11/h1-4,7,11H,5-6,8H2,(H,16,17)/b4-1+. The number of hydrogen-bond donors (Lipinski definition) is 1. The highest BCUT2D eigenvalue weighted by Crippen LogP contribution is 2.17. The zero-order valence-corrected chi connectivity index (χ0v) is 12.9. The van der Waals surface area contributed by atoms with Crippen LogP contribution in [0.4, 0.5) is 4.39 Å². The van der Waals surface area contributed by atoms with Crippen LogP contribution in [0.25, 0.3) is 6.08 Å². The molecular weight excluding hydrogens is 349 g/mol. The maximum absolute atomic E-state index is 13.4. The van der Waals surface area contributed by atoms with Gasteiger partial charge in [0.2, 0.25) is 5.91 Å². The van der Waals surface area contributed by atoms with Gasteiger partial charge in [-0.25, -0.2) is 12.8 Å². The van der Waals surface area contributed by atoms with E-state index in [1.165, 1.54) is 18.2 Å². The first-order chi connectivity index (χ1) is 9.35. The Bertz CT molecular complexity index is 658. The Morgan fingerprint density at radius 2 is 2.20 bits per heavy atom. The molecule has 7 heteroatoms. The molecule has 0 aromatic heterocycles. The first-order valence-corrected chi connectivity index (χ1v) is 8.61. The largest absolute Gasteiger partial charge is 0.349 e. The van der Waals surface area contributed by atoms with E-state index in [0.717, 1.165) is 0 Å². The van der Waals surface area contributed by atoms with Crippen LogP contribution >= 0.6 is 15.9 Å². The molecule has 1 heterocycles. The van der Waals surface area contributed by atoms with Crippen molar-refractivity contribution in [2.24, 2.45) is 0 Å². The van der Waals surface area contributed by atoms with Crippen molar-refractivity contribution in [2.45, 2.75) is 12.5 Å². The van der Waals surface area contributed by atoms with Gasteiger partial charge in [0.05, 0.1) is 11.5 Å². The van der Waals surface area contributed by atoms with Crippen molar-refractivity contribution in [2.75, 3.05) is 11.5 Å². The van der Waals surface area contributed by atoms with E-state index in [4.69, 9.17) is 0 Å². The molecule has 20 heavy (non-hydrogen) atoms. The van der Waals surface area contributed by atoms with E-state index in [1.54, 1.807) is 12.1 Å². The number of rotatable bonds is 3. The Morgan fingerprint density at radius 3 is 2.85 bits per heavy atom. The summed E-state index contributed by atoms with van der Waals surface area (Å²) in [6, 6.07) is 4.06. The van der Waals surface area contributed by atoms with Crippen LogP contribution in [0, 0.1) is 5.82 Å². The molecule has 1 aromatic rings. The van der Waals surface area contributed by atoms with Crippen LogP contribution in [0.1, 0.15) is 12.0 Å². The normalized spacial score (nSPS) is 21.2. The molecule has 1 amide bonds. The maximum atomic E-state index is 13.4. The van der Waals surface area contributed by atoms with Gasteiger partial charge in [0.15, 0.2) is 9.84 Å². The Balaban J connectivity index is 1.98. The first kappa shape index (κ1) is 15.2. The number of carbonyl (C=O) groups is 1. The second-order valence-electron chi connectivity index (χ2n) is 4.61. The highest BCUT2D eigenvalue weighted by atomic mass is 79.9.